The first-order valence-corrected chi connectivity index (χ1v) is 13.3. The van der Waals surface area contributed by atoms with E-state index < -0.39 is 31.4 Å². The van der Waals surface area contributed by atoms with Crippen LogP contribution >= 0.6 is 0 Å². The average molecular weight is 507 g/mol. The number of fused-ring (bicyclic) bond motifs is 1. The molecule has 0 saturated carbocycles. The Morgan fingerprint density at radius 3 is 2.36 bits per heavy atom. The summed E-state index contributed by atoms with van der Waals surface area (Å²) >= 11 is 0. The fraction of sp³-hybridized carbons (Fsp3) is 0.316. The van der Waals surface area contributed by atoms with E-state index in [0.717, 1.165) is 18.7 Å². The monoisotopic (exact) mass is 506 g/mol. The first kappa shape index (κ1) is 24.6. The van der Waals surface area contributed by atoms with E-state index in [2.05, 4.69) is 20.6 Å². The maximum atomic E-state index is 13.5. The summed E-state index contributed by atoms with van der Waals surface area (Å²) in [4.78, 5) is 6.68. The van der Waals surface area contributed by atoms with Crippen LogP contribution in [0, 0.1) is 0 Å². The SMILES string of the molecule is COc1cc(S(C)(=O)=O)ccc1Nc1cc(NCCS(C)(=O)=O)c2c(C(F)(F)F)c[nH]c2n1. The Hall–Kier alpha value is -3.00. The molecule has 0 unspecified atom stereocenters. The number of rotatable bonds is 8. The molecule has 3 rings (SSSR count). The average Bonchev–Trinajstić information content (AvgIpc) is 3.11. The van der Waals surface area contributed by atoms with Gasteiger partial charge in [0.2, 0.25) is 0 Å². The van der Waals surface area contributed by atoms with Crippen LogP contribution in [0.3, 0.4) is 0 Å². The van der Waals surface area contributed by atoms with Crippen molar-refractivity contribution >= 4 is 47.9 Å². The Labute approximate surface area is 188 Å². The highest BCUT2D eigenvalue weighted by atomic mass is 32.2. The van der Waals surface area contributed by atoms with Gasteiger partial charge in [0.1, 0.15) is 27.1 Å². The highest BCUT2D eigenvalue weighted by Crippen LogP contribution is 2.39. The van der Waals surface area contributed by atoms with Crippen molar-refractivity contribution < 1.29 is 34.7 Å². The molecule has 0 fully saturated rings. The number of H-pyrrole nitrogens is 1. The van der Waals surface area contributed by atoms with Gasteiger partial charge in [-0.1, -0.05) is 0 Å². The normalized spacial score (nSPS) is 12.7. The third kappa shape index (κ3) is 5.87. The zero-order valence-corrected chi connectivity index (χ0v) is 19.4. The van der Waals surface area contributed by atoms with E-state index in [0.29, 0.717) is 5.69 Å². The summed E-state index contributed by atoms with van der Waals surface area (Å²) < 4.78 is 92.1. The van der Waals surface area contributed by atoms with Crippen molar-refractivity contribution in [2.24, 2.45) is 0 Å². The van der Waals surface area contributed by atoms with Crippen molar-refractivity contribution in [1.82, 2.24) is 9.97 Å². The van der Waals surface area contributed by atoms with Gasteiger partial charge in [-0.05, 0) is 12.1 Å². The summed E-state index contributed by atoms with van der Waals surface area (Å²) in [6.45, 7) is -0.119. The van der Waals surface area contributed by atoms with Crippen LogP contribution in [0.4, 0.5) is 30.4 Å². The lowest BCUT2D eigenvalue weighted by molar-refractivity contribution is -0.136. The fourth-order valence-electron chi connectivity index (χ4n) is 3.08. The van der Waals surface area contributed by atoms with Gasteiger partial charge >= 0.3 is 6.18 Å². The van der Waals surface area contributed by atoms with Crippen LogP contribution in [-0.2, 0) is 25.9 Å². The lowest BCUT2D eigenvalue weighted by atomic mass is 10.1. The standard InChI is InChI=1S/C19H21F3N4O5S2/c1-31-15-8-11(33(3,29)30)4-5-13(15)25-16-9-14(23-6-7-32(2,27)28)17-12(19(20,21)22)10-24-18(17)26-16/h4-5,8-10H,6-7H2,1-3H3,(H3,23,24,25,26). The molecule has 0 bridgehead atoms. The Bertz CT molecular complexity index is 1400. The van der Waals surface area contributed by atoms with Crippen LogP contribution in [-0.4, -0.2) is 58.7 Å². The van der Waals surface area contributed by atoms with Crippen LogP contribution in [0.15, 0.2) is 35.4 Å². The number of alkyl halides is 3. The van der Waals surface area contributed by atoms with Crippen molar-refractivity contribution in [3.05, 3.63) is 36.0 Å². The molecule has 3 aromatic rings. The summed E-state index contributed by atoms with van der Waals surface area (Å²) in [5.41, 5.74) is -0.692. The van der Waals surface area contributed by atoms with Crippen LogP contribution in [0.1, 0.15) is 5.56 Å². The summed E-state index contributed by atoms with van der Waals surface area (Å²) in [7, 11) is -5.50. The quantitative estimate of drug-likeness (QED) is 0.425. The number of hydrogen-bond donors (Lipinski definition) is 3. The molecule has 0 saturated heterocycles. The van der Waals surface area contributed by atoms with Gasteiger partial charge in [-0.2, -0.15) is 13.2 Å². The molecular weight excluding hydrogens is 485 g/mol. The van der Waals surface area contributed by atoms with Crippen molar-refractivity contribution in [2.45, 2.75) is 11.1 Å². The minimum Gasteiger partial charge on any atom is -0.495 e. The number of aromatic nitrogens is 2. The molecular formula is C19H21F3N4O5S2. The van der Waals surface area contributed by atoms with Gasteiger partial charge in [0.25, 0.3) is 0 Å². The topological polar surface area (TPSA) is 130 Å². The Morgan fingerprint density at radius 1 is 1.09 bits per heavy atom. The van der Waals surface area contributed by atoms with E-state index in [-0.39, 0.29) is 45.5 Å². The van der Waals surface area contributed by atoms with Gasteiger partial charge in [-0.25, -0.2) is 21.8 Å². The summed E-state index contributed by atoms with van der Waals surface area (Å²) in [5.74, 6) is 0.00535. The molecule has 33 heavy (non-hydrogen) atoms. The molecule has 9 nitrogen and oxygen atoms in total. The van der Waals surface area contributed by atoms with E-state index in [1.54, 1.807) is 0 Å². The molecule has 2 heterocycles. The van der Waals surface area contributed by atoms with Gasteiger partial charge in [0.15, 0.2) is 9.84 Å². The van der Waals surface area contributed by atoms with Gasteiger partial charge in [0.05, 0.1) is 34.4 Å². The van der Waals surface area contributed by atoms with Gasteiger partial charge in [-0.3, -0.25) is 0 Å². The number of aromatic amines is 1. The summed E-state index contributed by atoms with van der Waals surface area (Å²) in [6.07, 6.45) is -1.81. The summed E-state index contributed by atoms with van der Waals surface area (Å²) in [6, 6.07) is 5.39. The summed E-state index contributed by atoms with van der Waals surface area (Å²) in [5, 5.41) is 5.40. The minimum atomic E-state index is -4.66. The largest absolute Gasteiger partial charge is 0.495 e. The van der Waals surface area contributed by atoms with Gasteiger partial charge < -0.3 is 20.4 Å². The van der Waals surface area contributed by atoms with E-state index >= 15 is 0 Å². The number of nitrogens with zero attached hydrogens (tertiary/aromatic N) is 1. The maximum Gasteiger partial charge on any atom is 0.418 e. The van der Waals surface area contributed by atoms with Crippen LogP contribution in [0.2, 0.25) is 0 Å². The molecule has 0 radical (unpaired) electrons. The Kier molecular flexibility index (Phi) is 6.53. The van der Waals surface area contributed by atoms with Crippen LogP contribution < -0.4 is 15.4 Å². The fourth-order valence-corrected chi connectivity index (χ4v) is 4.19. The first-order chi connectivity index (χ1) is 15.2. The number of pyridine rings is 1. The van der Waals surface area contributed by atoms with Gasteiger partial charge in [0, 0.05) is 43.1 Å². The molecule has 0 aliphatic carbocycles. The van der Waals surface area contributed by atoms with Crippen LogP contribution in [0.25, 0.3) is 11.0 Å². The second-order valence-electron chi connectivity index (χ2n) is 7.29. The highest BCUT2D eigenvalue weighted by Gasteiger charge is 2.35. The number of anilines is 3. The number of benzene rings is 1. The predicted octanol–water partition coefficient (Wildman–Crippen LogP) is 3.19. The van der Waals surface area contributed by atoms with E-state index in [1.165, 1.54) is 31.4 Å². The van der Waals surface area contributed by atoms with E-state index in [1.807, 2.05) is 0 Å². The number of halogens is 3. The second kappa shape index (κ2) is 8.74. The molecule has 0 atom stereocenters. The number of hydrogen-bond acceptors (Lipinski definition) is 8. The maximum absolute atomic E-state index is 13.5. The van der Waals surface area contributed by atoms with Crippen molar-refractivity contribution in [3.63, 3.8) is 0 Å². The number of methoxy groups -OCH3 is 1. The Balaban J connectivity index is 2.05. The van der Waals surface area contributed by atoms with E-state index in [4.69, 9.17) is 4.74 Å². The molecule has 14 heteroatoms. The molecule has 1 aromatic carbocycles. The predicted molar refractivity (Wildman–Crippen MR) is 119 cm³/mol. The molecule has 0 amide bonds. The molecule has 180 valence electrons. The third-order valence-corrected chi connectivity index (χ3v) is 6.66. The smallest absolute Gasteiger partial charge is 0.418 e. The number of ether oxygens (including phenoxy) is 1. The lowest BCUT2D eigenvalue weighted by Gasteiger charge is -2.15. The van der Waals surface area contributed by atoms with Crippen LogP contribution in [0.5, 0.6) is 5.75 Å². The number of sulfone groups is 2. The lowest BCUT2D eigenvalue weighted by Crippen LogP contribution is -2.15. The molecule has 3 N–H and O–H groups in total. The van der Waals surface area contributed by atoms with Crippen molar-refractivity contribution in [1.29, 1.82) is 0 Å². The minimum absolute atomic E-state index is 0.0199. The Morgan fingerprint density at radius 2 is 1.79 bits per heavy atom. The van der Waals surface area contributed by atoms with E-state index in [9.17, 15) is 30.0 Å². The molecule has 0 aliphatic heterocycles. The zero-order valence-electron chi connectivity index (χ0n) is 17.7. The number of nitrogens with one attached hydrogen (secondary N) is 3. The first-order valence-electron chi connectivity index (χ1n) is 9.35. The highest BCUT2D eigenvalue weighted by molar-refractivity contribution is 7.91. The third-order valence-electron chi connectivity index (χ3n) is 4.60. The van der Waals surface area contributed by atoms with Crippen molar-refractivity contribution in [2.75, 3.05) is 42.6 Å². The second-order valence-corrected chi connectivity index (χ2v) is 11.6. The van der Waals surface area contributed by atoms with Gasteiger partial charge in [-0.15, -0.1) is 0 Å². The zero-order chi connectivity index (χ0) is 24.6. The molecule has 0 aliphatic rings. The van der Waals surface area contributed by atoms with Crippen molar-refractivity contribution in [3.8, 4) is 5.75 Å². The molecule has 2 aromatic heterocycles. The molecule has 0 spiro atoms.